The SMILES string of the molecule is CC(=O)NCC1CN(c2ccc(C3CCN(C(=O)CO)CC3)cc2)C(=O)O1. The van der Waals surface area contributed by atoms with Crippen LogP contribution in [0.1, 0.15) is 31.2 Å². The third kappa shape index (κ3) is 4.57. The van der Waals surface area contributed by atoms with Gasteiger partial charge in [0.1, 0.15) is 12.7 Å². The van der Waals surface area contributed by atoms with Crippen LogP contribution in [0, 0.1) is 0 Å². The summed E-state index contributed by atoms with van der Waals surface area (Å²) in [7, 11) is 0. The molecule has 1 atom stereocenters. The van der Waals surface area contributed by atoms with Gasteiger partial charge >= 0.3 is 6.09 Å². The summed E-state index contributed by atoms with van der Waals surface area (Å²) < 4.78 is 5.28. The molecule has 1 aromatic rings. The molecule has 0 spiro atoms. The second kappa shape index (κ2) is 8.39. The van der Waals surface area contributed by atoms with Crippen LogP contribution in [0.25, 0.3) is 0 Å². The summed E-state index contributed by atoms with van der Waals surface area (Å²) >= 11 is 0. The number of aliphatic hydroxyl groups is 1. The number of hydrogen-bond acceptors (Lipinski definition) is 5. The van der Waals surface area contributed by atoms with Crippen LogP contribution in [0.4, 0.5) is 10.5 Å². The minimum Gasteiger partial charge on any atom is -0.442 e. The van der Waals surface area contributed by atoms with E-state index < -0.39 is 12.7 Å². The van der Waals surface area contributed by atoms with Crippen LogP contribution in [0.2, 0.25) is 0 Å². The second-order valence-corrected chi connectivity index (χ2v) is 6.96. The molecule has 0 bridgehead atoms. The monoisotopic (exact) mass is 375 g/mol. The minimum atomic E-state index is -0.436. The van der Waals surface area contributed by atoms with Crippen LogP contribution in [0.15, 0.2) is 24.3 Å². The number of likely N-dealkylation sites (tertiary alicyclic amines) is 1. The highest BCUT2D eigenvalue weighted by Gasteiger charge is 2.32. The van der Waals surface area contributed by atoms with E-state index in [1.165, 1.54) is 12.5 Å². The van der Waals surface area contributed by atoms with Crippen molar-refractivity contribution in [2.24, 2.45) is 0 Å². The fourth-order valence-electron chi connectivity index (χ4n) is 3.58. The Morgan fingerprint density at radius 2 is 1.89 bits per heavy atom. The highest BCUT2D eigenvalue weighted by Crippen LogP contribution is 2.30. The lowest BCUT2D eigenvalue weighted by atomic mass is 9.89. The number of aliphatic hydroxyl groups excluding tert-OH is 1. The van der Waals surface area contributed by atoms with Gasteiger partial charge in [-0.2, -0.15) is 0 Å². The molecule has 2 fully saturated rings. The van der Waals surface area contributed by atoms with Crippen molar-refractivity contribution in [1.82, 2.24) is 10.2 Å². The average Bonchev–Trinajstić information content (AvgIpc) is 3.06. The summed E-state index contributed by atoms with van der Waals surface area (Å²) in [5, 5.41) is 11.6. The third-order valence-electron chi connectivity index (χ3n) is 5.11. The van der Waals surface area contributed by atoms with Gasteiger partial charge in [0.2, 0.25) is 11.8 Å². The lowest BCUT2D eigenvalue weighted by molar-refractivity contribution is -0.135. The number of amides is 3. The van der Waals surface area contributed by atoms with Crippen molar-refractivity contribution in [3.05, 3.63) is 29.8 Å². The maximum Gasteiger partial charge on any atom is 0.414 e. The number of piperidine rings is 1. The van der Waals surface area contributed by atoms with Gasteiger partial charge in [-0.25, -0.2) is 4.79 Å². The molecule has 2 heterocycles. The van der Waals surface area contributed by atoms with Gasteiger partial charge in [-0.1, -0.05) is 12.1 Å². The number of rotatable bonds is 5. The van der Waals surface area contributed by atoms with E-state index in [2.05, 4.69) is 5.32 Å². The van der Waals surface area contributed by atoms with Gasteiger partial charge in [0, 0.05) is 25.7 Å². The molecule has 8 heteroatoms. The Kier molecular flexibility index (Phi) is 5.95. The first-order chi connectivity index (χ1) is 13.0. The molecule has 2 aliphatic rings. The van der Waals surface area contributed by atoms with Crippen molar-refractivity contribution >= 4 is 23.6 Å². The van der Waals surface area contributed by atoms with E-state index in [-0.39, 0.29) is 17.9 Å². The zero-order valence-electron chi connectivity index (χ0n) is 15.4. The fourth-order valence-corrected chi connectivity index (χ4v) is 3.58. The number of nitrogens with one attached hydrogen (secondary N) is 1. The van der Waals surface area contributed by atoms with Crippen LogP contribution >= 0.6 is 0 Å². The molecule has 2 aliphatic heterocycles. The van der Waals surface area contributed by atoms with Crippen molar-refractivity contribution < 1.29 is 24.2 Å². The number of ether oxygens (including phenoxy) is 1. The van der Waals surface area contributed by atoms with Crippen LogP contribution < -0.4 is 10.2 Å². The van der Waals surface area contributed by atoms with Crippen molar-refractivity contribution in [3.8, 4) is 0 Å². The number of hydrogen-bond donors (Lipinski definition) is 2. The average molecular weight is 375 g/mol. The maximum absolute atomic E-state index is 12.1. The molecular weight excluding hydrogens is 350 g/mol. The molecule has 27 heavy (non-hydrogen) atoms. The molecule has 146 valence electrons. The fraction of sp³-hybridized carbons (Fsp3) is 0.526. The zero-order valence-corrected chi connectivity index (χ0v) is 15.4. The molecule has 2 N–H and O–H groups in total. The molecule has 2 saturated heterocycles. The second-order valence-electron chi connectivity index (χ2n) is 6.96. The van der Waals surface area contributed by atoms with E-state index in [1.807, 2.05) is 24.3 Å². The Bertz CT molecular complexity index is 698. The maximum atomic E-state index is 12.1. The van der Waals surface area contributed by atoms with E-state index in [9.17, 15) is 14.4 Å². The summed E-state index contributed by atoms with van der Waals surface area (Å²) in [5.74, 6) is -0.00872. The number of benzene rings is 1. The van der Waals surface area contributed by atoms with E-state index in [4.69, 9.17) is 9.84 Å². The molecule has 0 aromatic heterocycles. The third-order valence-corrected chi connectivity index (χ3v) is 5.11. The molecule has 0 aliphatic carbocycles. The van der Waals surface area contributed by atoms with Gasteiger partial charge in [-0.15, -0.1) is 0 Å². The molecule has 1 unspecified atom stereocenters. The van der Waals surface area contributed by atoms with Gasteiger partial charge < -0.3 is 20.1 Å². The van der Waals surface area contributed by atoms with Crippen molar-refractivity contribution in [1.29, 1.82) is 0 Å². The Balaban J connectivity index is 1.57. The van der Waals surface area contributed by atoms with Crippen LogP contribution in [0.3, 0.4) is 0 Å². The van der Waals surface area contributed by atoms with Crippen LogP contribution in [0.5, 0.6) is 0 Å². The number of carbonyl (C=O) groups is 3. The van der Waals surface area contributed by atoms with E-state index in [1.54, 1.807) is 9.80 Å². The van der Waals surface area contributed by atoms with Crippen molar-refractivity contribution in [2.45, 2.75) is 31.8 Å². The smallest absolute Gasteiger partial charge is 0.414 e. The predicted molar refractivity (Wildman–Crippen MR) is 98.4 cm³/mol. The molecule has 0 saturated carbocycles. The van der Waals surface area contributed by atoms with Crippen LogP contribution in [-0.2, 0) is 14.3 Å². The molecular formula is C19H25N3O5. The Labute approximate surface area is 158 Å². The molecule has 3 amide bonds. The number of cyclic esters (lactones) is 1. The Morgan fingerprint density at radius 1 is 1.22 bits per heavy atom. The van der Waals surface area contributed by atoms with Crippen molar-refractivity contribution in [2.75, 3.05) is 37.7 Å². The van der Waals surface area contributed by atoms with Gasteiger partial charge in [0.25, 0.3) is 0 Å². The molecule has 1 aromatic carbocycles. The molecule has 8 nitrogen and oxygen atoms in total. The lowest BCUT2D eigenvalue weighted by Crippen LogP contribution is -2.39. The summed E-state index contributed by atoms with van der Waals surface area (Å²) in [6.07, 6.45) is 0.953. The normalized spacial score (nSPS) is 20.5. The van der Waals surface area contributed by atoms with E-state index >= 15 is 0 Å². The first-order valence-corrected chi connectivity index (χ1v) is 9.19. The van der Waals surface area contributed by atoms with E-state index in [0.717, 1.165) is 18.5 Å². The molecule has 3 rings (SSSR count). The Hall–Kier alpha value is -2.61. The van der Waals surface area contributed by atoms with E-state index in [0.29, 0.717) is 32.1 Å². The number of anilines is 1. The Morgan fingerprint density at radius 3 is 2.48 bits per heavy atom. The number of nitrogens with zero attached hydrogens (tertiary/aromatic N) is 2. The number of carbonyl (C=O) groups excluding carboxylic acids is 3. The largest absolute Gasteiger partial charge is 0.442 e. The summed E-state index contributed by atoms with van der Waals surface area (Å²) in [6.45, 7) is 3.00. The van der Waals surface area contributed by atoms with Gasteiger partial charge in [-0.3, -0.25) is 14.5 Å². The van der Waals surface area contributed by atoms with Crippen molar-refractivity contribution in [3.63, 3.8) is 0 Å². The van der Waals surface area contributed by atoms with Gasteiger partial charge in [-0.05, 0) is 36.5 Å². The van der Waals surface area contributed by atoms with Crippen LogP contribution in [-0.4, -0.2) is 66.8 Å². The zero-order chi connectivity index (χ0) is 19.4. The topological polar surface area (TPSA) is 99.2 Å². The summed E-state index contributed by atoms with van der Waals surface area (Å²) in [5.41, 5.74) is 1.94. The lowest BCUT2D eigenvalue weighted by Gasteiger charge is -2.32. The summed E-state index contributed by atoms with van der Waals surface area (Å²) in [4.78, 5) is 37.9. The summed E-state index contributed by atoms with van der Waals surface area (Å²) in [6, 6.07) is 7.83. The van der Waals surface area contributed by atoms with Gasteiger partial charge in [0.15, 0.2) is 0 Å². The predicted octanol–water partition coefficient (Wildman–Crippen LogP) is 0.846. The van der Waals surface area contributed by atoms with Gasteiger partial charge in [0.05, 0.1) is 13.1 Å². The highest BCUT2D eigenvalue weighted by molar-refractivity contribution is 5.89. The quantitative estimate of drug-likeness (QED) is 0.795. The minimum absolute atomic E-state index is 0.152. The first kappa shape index (κ1) is 19.2. The first-order valence-electron chi connectivity index (χ1n) is 9.19. The molecule has 0 radical (unpaired) electrons. The highest BCUT2D eigenvalue weighted by atomic mass is 16.6. The standard InChI is InChI=1S/C19H25N3O5/c1-13(24)20-10-17-11-22(19(26)27-17)16-4-2-14(3-5-16)15-6-8-21(9-7-15)18(25)12-23/h2-5,15,17,23H,6-12H2,1H3,(H,20,24).